The number of rotatable bonds is 10. The second-order valence-electron chi connectivity index (χ2n) is 9.31. The van der Waals surface area contributed by atoms with Gasteiger partial charge in [-0.2, -0.15) is 4.98 Å². The Morgan fingerprint density at radius 3 is 2.76 bits per heavy atom. The zero-order valence-electron chi connectivity index (χ0n) is 22.3. The smallest absolute Gasteiger partial charge is 0.247 e. The number of hydrogen-bond donors (Lipinski definition) is 3. The molecule has 198 valence electrons. The lowest BCUT2D eigenvalue weighted by atomic mass is 10.0. The molecule has 0 fully saturated rings. The highest BCUT2D eigenvalue weighted by Gasteiger charge is 2.12. The highest BCUT2D eigenvalue weighted by Crippen LogP contribution is 2.26. The number of likely N-dealkylation sites (N-methyl/N-ethyl adjacent to an activating group) is 1. The number of anilines is 2. The van der Waals surface area contributed by atoms with Crippen molar-refractivity contribution < 1.29 is 4.79 Å². The van der Waals surface area contributed by atoms with Gasteiger partial charge in [-0.25, -0.2) is 4.98 Å². The summed E-state index contributed by atoms with van der Waals surface area (Å²) in [6.45, 7) is 8.64. The number of carbonyl (C=O) groups excluding carboxylic acids is 1. The van der Waals surface area contributed by atoms with Crippen LogP contribution in [-0.4, -0.2) is 41.4 Å². The van der Waals surface area contributed by atoms with E-state index in [1.807, 2.05) is 68.5 Å². The summed E-state index contributed by atoms with van der Waals surface area (Å²) >= 11 is 3.56. The molecule has 1 aromatic heterocycles. The van der Waals surface area contributed by atoms with Crippen molar-refractivity contribution in [3.05, 3.63) is 118 Å². The van der Waals surface area contributed by atoms with Crippen LogP contribution >= 0.6 is 15.9 Å². The molecular formula is C30H35BrN6O. The predicted octanol–water partition coefficient (Wildman–Crippen LogP) is 6.17. The number of aromatic nitrogens is 2. The normalized spacial score (nSPS) is 17.7. The van der Waals surface area contributed by atoms with Gasteiger partial charge in [-0.05, 0) is 72.7 Å². The molecule has 8 heteroatoms. The maximum absolute atomic E-state index is 12.4. The van der Waals surface area contributed by atoms with Gasteiger partial charge in [0.2, 0.25) is 11.9 Å². The summed E-state index contributed by atoms with van der Waals surface area (Å²) in [5, 5.41) is 9.65. The molecule has 1 aromatic rings. The van der Waals surface area contributed by atoms with Gasteiger partial charge in [-0.3, -0.25) is 4.79 Å². The van der Waals surface area contributed by atoms with Gasteiger partial charge in [0, 0.05) is 42.3 Å². The van der Waals surface area contributed by atoms with E-state index in [1.165, 1.54) is 0 Å². The van der Waals surface area contributed by atoms with Gasteiger partial charge in [-0.15, -0.1) is 0 Å². The van der Waals surface area contributed by atoms with Gasteiger partial charge < -0.3 is 20.9 Å². The number of allylic oxidation sites excluding steroid dienone is 12. The molecule has 0 saturated heterocycles. The number of nitrogens with zero attached hydrogens (tertiary/aromatic N) is 3. The molecule has 3 N–H and O–H groups in total. The van der Waals surface area contributed by atoms with Crippen molar-refractivity contribution in [1.82, 2.24) is 20.2 Å². The summed E-state index contributed by atoms with van der Waals surface area (Å²) in [7, 11) is 3.91. The Balaban J connectivity index is 1.78. The molecule has 0 radical (unpaired) electrons. The fourth-order valence-corrected chi connectivity index (χ4v) is 3.93. The number of halogens is 1. The molecule has 3 rings (SSSR count). The third-order valence-electron chi connectivity index (χ3n) is 5.58. The zero-order valence-corrected chi connectivity index (χ0v) is 23.9. The minimum atomic E-state index is -0.158. The summed E-state index contributed by atoms with van der Waals surface area (Å²) in [4.78, 5) is 23.5. The molecule has 0 bridgehead atoms. The average molecular weight is 576 g/mol. The summed E-state index contributed by atoms with van der Waals surface area (Å²) in [5.41, 5.74) is 4.74. The first-order chi connectivity index (χ1) is 18.2. The molecule has 1 atom stereocenters. The van der Waals surface area contributed by atoms with Crippen molar-refractivity contribution in [2.75, 3.05) is 31.3 Å². The van der Waals surface area contributed by atoms with Gasteiger partial charge in [0.15, 0.2) is 0 Å². The maximum Gasteiger partial charge on any atom is 0.247 e. The van der Waals surface area contributed by atoms with Crippen molar-refractivity contribution in [2.45, 2.75) is 20.3 Å². The van der Waals surface area contributed by atoms with Crippen molar-refractivity contribution in [3.8, 4) is 0 Å². The lowest BCUT2D eigenvalue weighted by molar-refractivity contribution is -0.115. The second kappa shape index (κ2) is 14.3. The van der Waals surface area contributed by atoms with E-state index in [-0.39, 0.29) is 11.8 Å². The molecule has 0 spiro atoms. The molecular weight excluding hydrogens is 540 g/mol. The number of carbonyl (C=O) groups is 1. The maximum atomic E-state index is 12.4. The van der Waals surface area contributed by atoms with Crippen LogP contribution in [0.3, 0.4) is 0 Å². The fraction of sp³-hybridized carbons (Fsp3) is 0.233. The van der Waals surface area contributed by atoms with E-state index in [4.69, 9.17) is 0 Å². The molecule has 1 amide bonds. The molecule has 0 saturated carbocycles. The molecule has 0 aliphatic heterocycles. The lowest BCUT2D eigenvalue weighted by Crippen LogP contribution is -2.21. The Kier molecular flexibility index (Phi) is 10.8. The lowest BCUT2D eigenvalue weighted by Gasteiger charge is -2.13. The highest BCUT2D eigenvalue weighted by molar-refractivity contribution is 9.10. The second-order valence-corrected chi connectivity index (χ2v) is 10.2. The summed E-state index contributed by atoms with van der Waals surface area (Å²) in [6, 6.07) is 0. The fourth-order valence-electron chi connectivity index (χ4n) is 3.64. The largest absolute Gasteiger partial charge is 0.339 e. The van der Waals surface area contributed by atoms with E-state index in [9.17, 15) is 4.79 Å². The highest BCUT2D eigenvalue weighted by atomic mass is 79.9. The van der Waals surface area contributed by atoms with Crippen LogP contribution in [0.1, 0.15) is 20.3 Å². The van der Waals surface area contributed by atoms with Crippen LogP contribution in [0.25, 0.3) is 0 Å². The van der Waals surface area contributed by atoms with Crippen molar-refractivity contribution in [2.24, 2.45) is 5.92 Å². The van der Waals surface area contributed by atoms with Gasteiger partial charge in [0.25, 0.3) is 0 Å². The number of amides is 1. The summed E-state index contributed by atoms with van der Waals surface area (Å²) in [6.07, 6.45) is 25.7. The van der Waals surface area contributed by atoms with E-state index in [0.29, 0.717) is 24.7 Å². The molecule has 2 aliphatic carbocycles. The van der Waals surface area contributed by atoms with Crippen LogP contribution in [0.15, 0.2) is 118 Å². The first kappa shape index (κ1) is 28.8. The number of nitrogens with one attached hydrogen (secondary N) is 3. The first-order valence-corrected chi connectivity index (χ1v) is 13.2. The molecule has 2 aliphatic rings. The topological polar surface area (TPSA) is 82.2 Å². The molecule has 1 heterocycles. The molecule has 7 nitrogen and oxygen atoms in total. The van der Waals surface area contributed by atoms with E-state index in [2.05, 4.69) is 73.6 Å². The van der Waals surface area contributed by atoms with Crippen LogP contribution < -0.4 is 16.0 Å². The van der Waals surface area contributed by atoms with Crippen LogP contribution in [0.4, 0.5) is 11.8 Å². The van der Waals surface area contributed by atoms with Crippen LogP contribution in [0.5, 0.6) is 0 Å². The minimum absolute atomic E-state index is 0.158. The third-order valence-corrected chi connectivity index (χ3v) is 6.16. The summed E-state index contributed by atoms with van der Waals surface area (Å²) in [5.74, 6) is 1.17. The predicted molar refractivity (Wildman–Crippen MR) is 161 cm³/mol. The van der Waals surface area contributed by atoms with Gasteiger partial charge in [0.05, 0.1) is 4.47 Å². The Hall–Kier alpha value is -3.75. The van der Waals surface area contributed by atoms with Crippen LogP contribution in [0.2, 0.25) is 0 Å². The van der Waals surface area contributed by atoms with Crippen LogP contribution in [-0.2, 0) is 4.79 Å². The Morgan fingerprint density at radius 2 is 2.00 bits per heavy atom. The van der Waals surface area contributed by atoms with Gasteiger partial charge >= 0.3 is 0 Å². The third kappa shape index (κ3) is 9.28. The standard InChI is InChI=1S/C30H35BrN6O/c1-6-7-11-23-18-24(12-8-10-22(23)3)34-29-27(31)20-32-30(36-29)35-25-15-14-21(2)17-26(19-25)33-28(38)13-9-16-37(4)5/h6-15,18-20,22H,1,16-17H2,2-5H3,(H,33,38)(H2,32,34,35,36)/b11-7-,13-9+. The van der Waals surface area contributed by atoms with E-state index >= 15 is 0 Å². The molecule has 0 aromatic carbocycles. The van der Waals surface area contributed by atoms with Crippen LogP contribution in [0, 0.1) is 5.92 Å². The van der Waals surface area contributed by atoms with Crippen molar-refractivity contribution in [1.29, 1.82) is 0 Å². The van der Waals surface area contributed by atoms with Crippen molar-refractivity contribution in [3.63, 3.8) is 0 Å². The Morgan fingerprint density at radius 1 is 1.21 bits per heavy atom. The SMILES string of the molecule is C=C/C=C\C1=CC(Nc2nc(NC3=CC=C(C)CC(NC(=O)/C=C/CN(C)C)=C3)ncc2Br)=CC=CC1C. The van der Waals surface area contributed by atoms with Gasteiger partial charge in [0.1, 0.15) is 5.82 Å². The quantitative estimate of drug-likeness (QED) is 0.229. The molecule has 1 unspecified atom stereocenters. The van der Waals surface area contributed by atoms with E-state index in [0.717, 1.165) is 32.7 Å². The molecule has 38 heavy (non-hydrogen) atoms. The average Bonchev–Trinajstić information content (AvgIpc) is 3.14. The number of hydrogen-bond acceptors (Lipinski definition) is 6. The first-order valence-electron chi connectivity index (χ1n) is 12.4. The van der Waals surface area contributed by atoms with Gasteiger partial charge in [-0.1, -0.05) is 61.6 Å². The Labute approximate surface area is 234 Å². The monoisotopic (exact) mass is 574 g/mol. The zero-order chi connectivity index (χ0) is 27.5. The minimum Gasteiger partial charge on any atom is -0.339 e. The van der Waals surface area contributed by atoms with Crippen molar-refractivity contribution >= 4 is 33.6 Å². The van der Waals surface area contributed by atoms with E-state index in [1.54, 1.807) is 18.3 Å². The summed E-state index contributed by atoms with van der Waals surface area (Å²) < 4.78 is 0.736. The Bertz CT molecular complexity index is 1290. The van der Waals surface area contributed by atoms with E-state index < -0.39 is 0 Å².